The summed E-state index contributed by atoms with van der Waals surface area (Å²) in [5, 5.41) is 3.86. The van der Waals surface area contributed by atoms with Gasteiger partial charge in [-0.25, -0.2) is 8.42 Å². The predicted molar refractivity (Wildman–Crippen MR) is 181 cm³/mol. The number of hydrogen-bond donors (Lipinski definition) is 1. The number of sulfonamides is 1. The third-order valence-corrected chi connectivity index (χ3v) is 9.48. The van der Waals surface area contributed by atoms with Crippen LogP contribution < -0.4 is 9.62 Å². The number of halogens is 2. The zero-order chi connectivity index (χ0) is 32.8. The molecule has 4 rings (SSSR count). The summed E-state index contributed by atoms with van der Waals surface area (Å²) < 4.78 is 29.3. The van der Waals surface area contributed by atoms with Crippen LogP contribution in [0.15, 0.2) is 108 Å². The molecule has 0 saturated carbocycles. The van der Waals surface area contributed by atoms with Crippen LogP contribution in [0.5, 0.6) is 0 Å². The Morgan fingerprint density at radius 1 is 0.822 bits per heavy atom. The van der Waals surface area contributed by atoms with Crippen molar-refractivity contribution in [1.29, 1.82) is 0 Å². The fraction of sp³-hybridized carbons (Fsp3) is 0.257. The van der Waals surface area contributed by atoms with Gasteiger partial charge < -0.3 is 10.2 Å². The molecule has 0 unspecified atom stereocenters. The van der Waals surface area contributed by atoms with Gasteiger partial charge in [-0.3, -0.25) is 13.9 Å². The Bertz CT molecular complexity index is 1720. The molecule has 10 heteroatoms. The summed E-state index contributed by atoms with van der Waals surface area (Å²) in [6.07, 6.45) is 0.199. The van der Waals surface area contributed by atoms with E-state index < -0.39 is 34.1 Å². The normalized spacial score (nSPS) is 12.3. The average molecular weight is 667 g/mol. The summed E-state index contributed by atoms with van der Waals surface area (Å²) in [5.41, 5.74) is 2.02. The second-order valence-electron chi connectivity index (χ2n) is 11.9. The van der Waals surface area contributed by atoms with Crippen molar-refractivity contribution in [1.82, 2.24) is 10.2 Å². The summed E-state index contributed by atoms with van der Waals surface area (Å²) in [7, 11) is -4.21. The van der Waals surface area contributed by atoms with Gasteiger partial charge in [0.1, 0.15) is 12.6 Å². The lowest BCUT2D eigenvalue weighted by Crippen LogP contribution is -2.56. The van der Waals surface area contributed by atoms with Crippen LogP contribution >= 0.6 is 23.2 Å². The summed E-state index contributed by atoms with van der Waals surface area (Å²) in [6.45, 7) is 6.85. The topological polar surface area (TPSA) is 86.8 Å². The number of nitrogens with one attached hydrogen (secondary N) is 1. The SMILES string of the molecule is Cc1ccc(S(=O)(=O)N(CC(=O)N(Cc2ccccc2Cl)[C@@H](Cc2ccccc2)C(=O)NC(C)(C)C)c2ccc(Cl)cc2)cc1. The van der Waals surface area contributed by atoms with Gasteiger partial charge in [-0.1, -0.05) is 89.4 Å². The first-order valence-electron chi connectivity index (χ1n) is 14.5. The van der Waals surface area contributed by atoms with Gasteiger partial charge in [-0.05, 0) is 81.3 Å². The largest absolute Gasteiger partial charge is 0.350 e. The molecule has 0 heterocycles. The van der Waals surface area contributed by atoms with Crippen LogP contribution in [0.1, 0.15) is 37.5 Å². The Hall–Kier alpha value is -3.85. The minimum Gasteiger partial charge on any atom is -0.350 e. The summed E-state index contributed by atoms with van der Waals surface area (Å²) in [5.74, 6) is -0.947. The summed E-state index contributed by atoms with van der Waals surface area (Å²) in [4.78, 5) is 29.9. The van der Waals surface area contributed by atoms with E-state index in [9.17, 15) is 18.0 Å². The van der Waals surface area contributed by atoms with Gasteiger partial charge in [0.05, 0.1) is 10.6 Å². The Balaban J connectivity index is 1.82. The molecule has 1 N–H and O–H groups in total. The maximum atomic E-state index is 14.5. The fourth-order valence-corrected chi connectivity index (χ4v) is 6.53. The molecule has 236 valence electrons. The summed E-state index contributed by atoms with van der Waals surface area (Å²) in [6, 6.07) is 28.1. The highest BCUT2D eigenvalue weighted by Crippen LogP contribution is 2.27. The van der Waals surface area contributed by atoms with E-state index in [-0.39, 0.29) is 29.5 Å². The van der Waals surface area contributed by atoms with E-state index in [0.717, 1.165) is 15.4 Å². The molecule has 0 aliphatic rings. The first-order valence-corrected chi connectivity index (χ1v) is 16.7. The molecule has 4 aromatic carbocycles. The van der Waals surface area contributed by atoms with Gasteiger partial charge in [0.2, 0.25) is 11.8 Å². The highest BCUT2D eigenvalue weighted by molar-refractivity contribution is 7.92. The van der Waals surface area contributed by atoms with Crippen LogP contribution in [0.3, 0.4) is 0 Å². The lowest BCUT2D eigenvalue weighted by molar-refractivity contribution is -0.140. The number of hydrogen-bond acceptors (Lipinski definition) is 4. The number of rotatable bonds is 11. The average Bonchev–Trinajstić information content (AvgIpc) is 2.99. The van der Waals surface area contributed by atoms with Gasteiger partial charge in [0.15, 0.2) is 0 Å². The van der Waals surface area contributed by atoms with Crippen molar-refractivity contribution >= 4 is 50.7 Å². The van der Waals surface area contributed by atoms with E-state index in [1.165, 1.54) is 17.0 Å². The Morgan fingerprint density at radius 3 is 2.02 bits per heavy atom. The zero-order valence-corrected chi connectivity index (χ0v) is 28.0. The van der Waals surface area contributed by atoms with Crippen LogP contribution in [0.2, 0.25) is 10.0 Å². The molecule has 0 radical (unpaired) electrons. The van der Waals surface area contributed by atoms with Gasteiger partial charge in [-0.15, -0.1) is 0 Å². The van der Waals surface area contributed by atoms with E-state index in [4.69, 9.17) is 23.2 Å². The molecule has 0 aliphatic carbocycles. The molecule has 0 aliphatic heterocycles. The molecule has 0 spiro atoms. The second kappa shape index (κ2) is 14.5. The third kappa shape index (κ3) is 9.10. The number of aryl methyl sites for hydroxylation is 1. The highest BCUT2D eigenvalue weighted by Gasteiger charge is 2.35. The lowest BCUT2D eigenvalue weighted by Gasteiger charge is -2.35. The van der Waals surface area contributed by atoms with Crippen LogP contribution in [0.4, 0.5) is 5.69 Å². The van der Waals surface area contributed by atoms with Crippen molar-refractivity contribution in [2.45, 2.75) is 57.1 Å². The molecule has 2 amide bonds. The van der Waals surface area contributed by atoms with E-state index in [1.54, 1.807) is 60.7 Å². The van der Waals surface area contributed by atoms with E-state index in [1.807, 2.05) is 58.0 Å². The highest BCUT2D eigenvalue weighted by atomic mass is 35.5. The minimum absolute atomic E-state index is 0.0212. The van der Waals surface area contributed by atoms with E-state index in [2.05, 4.69) is 5.32 Å². The van der Waals surface area contributed by atoms with Gasteiger partial charge in [0.25, 0.3) is 10.0 Å². The number of amides is 2. The maximum Gasteiger partial charge on any atom is 0.264 e. The van der Waals surface area contributed by atoms with Crippen LogP contribution in [0, 0.1) is 6.92 Å². The van der Waals surface area contributed by atoms with Crippen molar-refractivity contribution in [3.05, 3.63) is 130 Å². The number of anilines is 1. The molecule has 4 aromatic rings. The number of carbonyl (C=O) groups is 2. The Kier molecular flexibility index (Phi) is 11.0. The van der Waals surface area contributed by atoms with Gasteiger partial charge in [-0.2, -0.15) is 0 Å². The molecule has 1 atom stereocenters. The fourth-order valence-electron chi connectivity index (χ4n) is 4.79. The Labute approximate surface area is 275 Å². The molecule has 0 saturated heterocycles. The number of carbonyl (C=O) groups excluding carboxylic acids is 2. The van der Waals surface area contributed by atoms with Crippen molar-refractivity contribution < 1.29 is 18.0 Å². The minimum atomic E-state index is -4.21. The second-order valence-corrected chi connectivity index (χ2v) is 14.6. The molecule has 0 aromatic heterocycles. The number of benzene rings is 4. The third-order valence-electron chi connectivity index (χ3n) is 7.07. The standard InChI is InChI=1S/C35H37Cl2N3O4S/c1-25-14-20-30(21-15-25)45(43,44)40(29-18-16-28(36)17-19-29)24-33(41)39(23-27-12-8-9-13-31(27)37)32(34(42)38-35(2,3)4)22-26-10-6-5-7-11-26/h5-21,32H,22-24H2,1-4H3,(H,38,42)/t32-/m0/s1. The molecular formula is C35H37Cl2N3O4S. The maximum absolute atomic E-state index is 14.5. The smallest absolute Gasteiger partial charge is 0.264 e. The van der Waals surface area contributed by atoms with E-state index in [0.29, 0.717) is 15.6 Å². The van der Waals surface area contributed by atoms with Crippen LogP contribution in [-0.2, 0) is 32.6 Å². The van der Waals surface area contributed by atoms with Crippen LogP contribution in [-0.4, -0.2) is 43.3 Å². The van der Waals surface area contributed by atoms with Crippen molar-refractivity contribution in [2.24, 2.45) is 0 Å². The van der Waals surface area contributed by atoms with Crippen LogP contribution in [0.25, 0.3) is 0 Å². The Morgan fingerprint density at radius 2 is 1.42 bits per heavy atom. The van der Waals surface area contributed by atoms with Crippen molar-refractivity contribution in [2.75, 3.05) is 10.8 Å². The zero-order valence-electron chi connectivity index (χ0n) is 25.7. The van der Waals surface area contributed by atoms with Gasteiger partial charge in [0, 0.05) is 28.5 Å². The quantitative estimate of drug-likeness (QED) is 0.186. The number of nitrogens with zero attached hydrogens (tertiary/aromatic N) is 2. The molecule has 7 nitrogen and oxygen atoms in total. The summed E-state index contributed by atoms with van der Waals surface area (Å²) >= 11 is 12.7. The molecule has 45 heavy (non-hydrogen) atoms. The molecule has 0 bridgehead atoms. The first kappa shape index (κ1) is 34.0. The lowest BCUT2D eigenvalue weighted by atomic mass is 10.0. The predicted octanol–water partition coefficient (Wildman–Crippen LogP) is 7.05. The van der Waals surface area contributed by atoms with Crippen molar-refractivity contribution in [3.8, 4) is 0 Å². The molecular weight excluding hydrogens is 629 g/mol. The van der Waals surface area contributed by atoms with Gasteiger partial charge >= 0.3 is 0 Å². The van der Waals surface area contributed by atoms with E-state index >= 15 is 0 Å². The van der Waals surface area contributed by atoms with Crippen molar-refractivity contribution in [3.63, 3.8) is 0 Å². The monoisotopic (exact) mass is 665 g/mol. The molecule has 0 fully saturated rings. The first-order chi connectivity index (χ1) is 21.2.